The van der Waals surface area contributed by atoms with E-state index in [-0.39, 0.29) is 0 Å². The van der Waals surface area contributed by atoms with Crippen LogP contribution in [-0.2, 0) is 11.3 Å². The van der Waals surface area contributed by atoms with E-state index in [2.05, 4.69) is 21.7 Å². The number of hydrogen-bond acceptors (Lipinski definition) is 3. The Balaban J connectivity index is 1.62. The van der Waals surface area contributed by atoms with Crippen molar-refractivity contribution in [3.05, 3.63) is 22.4 Å². The second-order valence-electron chi connectivity index (χ2n) is 6.05. The Kier molecular flexibility index (Phi) is 4.34. The van der Waals surface area contributed by atoms with Crippen molar-refractivity contribution in [2.24, 2.45) is 5.92 Å². The van der Waals surface area contributed by atoms with Gasteiger partial charge < -0.3 is 0 Å². The van der Waals surface area contributed by atoms with Gasteiger partial charge in [-0.25, -0.2) is 0 Å². The molecule has 0 aliphatic heterocycles. The van der Waals surface area contributed by atoms with Crippen LogP contribution in [-0.4, -0.2) is 23.3 Å². The molecule has 1 unspecified atom stereocenters. The fourth-order valence-corrected chi connectivity index (χ4v) is 3.77. The second-order valence-corrected chi connectivity index (χ2v) is 6.83. The molecule has 2 saturated carbocycles. The molecule has 0 spiro atoms. The highest BCUT2D eigenvalue weighted by atomic mass is 32.1. The normalized spacial score (nSPS) is 24.7. The first kappa shape index (κ1) is 13.3. The highest BCUT2D eigenvalue weighted by Gasteiger charge is 2.32. The maximum Gasteiger partial charge on any atom is 0.137 e. The predicted octanol–water partition coefficient (Wildman–Crippen LogP) is 3.86. The van der Waals surface area contributed by atoms with Crippen molar-refractivity contribution < 1.29 is 4.79 Å². The first-order valence-electron chi connectivity index (χ1n) is 7.61. The molecule has 104 valence electrons. The third-order valence-corrected chi connectivity index (χ3v) is 5.15. The predicted molar refractivity (Wildman–Crippen MR) is 79.3 cm³/mol. The van der Waals surface area contributed by atoms with E-state index in [1.807, 2.05) is 0 Å². The van der Waals surface area contributed by atoms with Gasteiger partial charge in [-0.2, -0.15) is 11.3 Å². The Hall–Kier alpha value is -0.670. The molecule has 2 aliphatic carbocycles. The molecule has 0 amide bonds. The van der Waals surface area contributed by atoms with Crippen LogP contribution in [0, 0.1) is 5.92 Å². The molecule has 3 heteroatoms. The maximum absolute atomic E-state index is 12.2. The third kappa shape index (κ3) is 3.67. The SMILES string of the molecule is O=C1CCCCCC1CN(Cc1ccsc1)C1CC1. The standard InChI is InChI=1S/C16H23NOS/c18-16-5-3-1-2-4-14(16)11-17(15-6-7-15)10-13-8-9-19-12-13/h8-9,12,14-15H,1-7,10-11H2. The lowest BCUT2D eigenvalue weighted by Crippen LogP contribution is -2.34. The van der Waals surface area contributed by atoms with Gasteiger partial charge in [0.15, 0.2) is 0 Å². The number of thiophene rings is 1. The fraction of sp³-hybridized carbons (Fsp3) is 0.688. The largest absolute Gasteiger partial charge is 0.299 e. The fourth-order valence-electron chi connectivity index (χ4n) is 3.11. The summed E-state index contributed by atoms with van der Waals surface area (Å²) in [6, 6.07) is 2.96. The molecule has 0 N–H and O–H groups in total. The molecule has 2 nitrogen and oxygen atoms in total. The Labute approximate surface area is 119 Å². The molecular formula is C16H23NOS. The zero-order valence-electron chi connectivity index (χ0n) is 11.5. The zero-order chi connectivity index (χ0) is 13.1. The highest BCUT2D eigenvalue weighted by molar-refractivity contribution is 7.07. The van der Waals surface area contributed by atoms with Gasteiger partial charge in [-0.3, -0.25) is 9.69 Å². The molecule has 2 aliphatic rings. The molecule has 0 aromatic carbocycles. The quantitative estimate of drug-likeness (QED) is 0.762. The van der Waals surface area contributed by atoms with E-state index in [0.717, 1.165) is 38.4 Å². The van der Waals surface area contributed by atoms with Gasteiger partial charge in [0.1, 0.15) is 5.78 Å². The van der Waals surface area contributed by atoms with E-state index in [0.29, 0.717) is 11.7 Å². The van der Waals surface area contributed by atoms with Gasteiger partial charge >= 0.3 is 0 Å². The number of hydrogen-bond donors (Lipinski definition) is 0. The maximum atomic E-state index is 12.2. The Morgan fingerprint density at radius 3 is 2.84 bits per heavy atom. The van der Waals surface area contributed by atoms with Gasteiger partial charge in [0.2, 0.25) is 0 Å². The first-order valence-corrected chi connectivity index (χ1v) is 8.55. The molecule has 1 aromatic heterocycles. The van der Waals surface area contributed by atoms with Crippen LogP contribution >= 0.6 is 11.3 Å². The average Bonchev–Trinajstić information content (AvgIpc) is 3.16. The van der Waals surface area contributed by atoms with E-state index >= 15 is 0 Å². The number of Topliss-reactive ketones (excluding diaryl/α,β-unsaturated/α-hetero) is 1. The van der Waals surface area contributed by atoms with E-state index in [4.69, 9.17) is 0 Å². The minimum atomic E-state index is 0.307. The lowest BCUT2D eigenvalue weighted by atomic mass is 9.98. The van der Waals surface area contributed by atoms with Crippen molar-refractivity contribution in [1.82, 2.24) is 4.90 Å². The van der Waals surface area contributed by atoms with Crippen LogP contribution in [0.5, 0.6) is 0 Å². The molecule has 3 rings (SSSR count). The van der Waals surface area contributed by atoms with Gasteiger partial charge in [0.25, 0.3) is 0 Å². The Bertz CT molecular complexity index is 410. The highest BCUT2D eigenvalue weighted by Crippen LogP contribution is 2.31. The van der Waals surface area contributed by atoms with E-state index in [9.17, 15) is 4.79 Å². The Morgan fingerprint density at radius 2 is 2.11 bits per heavy atom. The zero-order valence-corrected chi connectivity index (χ0v) is 12.3. The van der Waals surface area contributed by atoms with Crippen LogP contribution in [0.4, 0.5) is 0 Å². The summed E-state index contributed by atoms with van der Waals surface area (Å²) in [5, 5.41) is 4.39. The lowest BCUT2D eigenvalue weighted by molar-refractivity contribution is -0.123. The number of carbonyl (C=O) groups excluding carboxylic acids is 1. The van der Waals surface area contributed by atoms with E-state index < -0.39 is 0 Å². The van der Waals surface area contributed by atoms with Gasteiger partial charge in [0, 0.05) is 31.5 Å². The van der Waals surface area contributed by atoms with Crippen molar-refractivity contribution in [2.75, 3.05) is 6.54 Å². The molecule has 19 heavy (non-hydrogen) atoms. The second kappa shape index (κ2) is 6.19. The summed E-state index contributed by atoms with van der Waals surface area (Å²) in [5.74, 6) is 0.829. The summed E-state index contributed by atoms with van der Waals surface area (Å²) in [7, 11) is 0. The smallest absolute Gasteiger partial charge is 0.137 e. The Morgan fingerprint density at radius 1 is 1.21 bits per heavy atom. The number of carbonyl (C=O) groups is 1. The van der Waals surface area contributed by atoms with Crippen LogP contribution in [0.1, 0.15) is 50.5 Å². The van der Waals surface area contributed by atoms with Crippen molar-refractivity contribution in [1.29, 1.82) is 0 Å². The number of nitrogens with zero attached hydrogens (tertiary/aromatic N) is 1. The van der Waals surface area contributed by atoms with Gasteiger partial charge in [-0.05, 0) is 48.1 Å². The van der Waals surface area contributed by atoms with Gasteiger partial charge in [-0.15, -0.1) is 0 Å². The molecule has 0 saturated heterocycles. The van der Waals surface area contributed by atoms with Crippen LogP contribution < -0.4 is 0 Å². The average molecular weight is 277 g/mol. The first-order chi connectivity index (χ1) is 9.33. The topological polar surface area (TPSA) is 20.3 Å². The van der Waals surface area contributed by atoms with Crippen molar-refractivity contribution in [3.8, 4) is 0 Å². The van der Waals surface area contributed by atoms with Crippen LogP contribution in [0.2, 0.25) is 0 Å². The van der Waals surface area contributed by atoms with E-state index in [1.54, 1.807) is 11.3 Å². The van der Waals surface area contributed by atoms with Crippen LogP contribution in [0.15, 0.2) is 16.8 Å². The van der Waals surface area contributed by atoms with Gasteiger partial charge in [0.05, 0.1) is 0 Å². The number of ketones is 1. The minimum absolute atomic E-state index is 0.307. The third-order valence-electron chi connectivity index (χ3n) is 4.42. The summed E-state index contributed by atoms with van der Waals surface area (Å²) in [6.07, 6.45) is 8.19. The minimum Gasteiger partial charge on any atom is -0.299 e. The summed E-state index contributed by atoms with van der Waals surface area (Å²) in [5.41, 5.74) is 1.41. The lowest BCUT2D eigenvalue weighted by Gasteiger charge is -2.26. The van der Waals surface area contributed by atoms with Crippen molar-refractivity contribution in [2.45, 2.75) is 57.5 Å². The van der Waals surface area contributed by atoms with Crippen LogP contribution in [0.25, 0.3) is 0 Å². The molecule has 0 bridgehead atoms. The summed E-state index contributed by atoms with van der Waals surface area (Å²) >= 11 is 1.77. The van der Waals surface area contributed by atoms with Crippen LogP contribution in [0.3, 0.4) is 0 Å². The summed E-state index contributed by atoms with van der Waals surface area (Å²) in [4.78, 5) is 14.7. The van der Waals surface area contributed by atoms with Crippen molar-refractivity contribution in [3.63, 3.8) is 0 Å². The monoisotopic (exact) mass is 277 g/mol. The molecular weight excluding hydrogens is 254 g/mol. The molecule has 1 heterocycles. The van der Waals surface area contributed by atoms with E-state index in [1.165, 1.54) is 31.2 Å². The molecule has 0 radical (unpaired) electrons. The molecule has 1 atom stereocenters. The number of rotatable bonds is 5. The molecule has 1 aromatic rings. The summed E-state index contributed by atoms with van der Waals surface area (Å²) in [6.45, 7) is 2.04. The van der Waals surface area contributed by atoms with Gasteiger partial charge in [-0.1, -0.05) is 12.8 Å². The van der Waals surface area contributed by atoms with Crippen molar-refractivity contribution >= 4 is 17.1 Å². The summed E-state index contributed by atoms with van der Waals surface area (Å²) < 4.78 is 0. The molecule has 2 fully saturated rings.